The van der Waals surface area contributed by atoms with Gasteiger partial charge in [-0.15, -0.1) is 0 Å². The maximum Gasteiger partial charge on any atom is 0.260 e. The lowest BCUT2D eigenvalue weighted by atomic mass is 10.2. The molecule has 0 aliphatic rings. The second kappa shape index (κ2) is 7.69. The summed E-state index contributed by atoms with van der Waals surface area (Å²) in [7, 11) is -3.60. The topological polar surface area (TPSA) is 91.7 Å². The normalized spacial score (nSPS) is 11.4. The SMILES string of the molecule is Cc1ccccc1N(CC(=O)N/N=C/c1ccccn1)S(C)(=O)=O. The van der Waals surface area contributed by atoms with E-state index in [0.29, 0.717) is 11.4 Å². The molecule has 24 heavy (non-hydrogen) atoms. The summed E-state index contributed by atoms with van der Waals surface area (Å²) in [4.78, 5) is 16.1. The summed E-state index contributed by atoms with van der Waals surface area (Å²) in [5.74, 6) is -0.546. The average Bonchev–Trinajstić information content (AvgIpc) is 2.53. The van der Waals surface area contributed by atoms with E-state index in [2.05, 4.69) is 15.5 Å². The van der Waals surface area contributed by atoms with E-state index in [1.807, 2.05) is 0 Å². The van der Waals surface area contributed by atoms with Crippen LogP contribution >= 0.6 is 0 Å². The van der Waals surface area contributed by atoms with Crippen molar-refractivity contribution in [3.63, 3.8) is 0 Å². The van der Waals surface area contributed by atoms with Crippen molar-refractivity contribution in [2.75, 3.05) is 17.1 Å². The molecule has 126 valence electrons. The molecule has 0 unspecified atom stereocenters. The number of amides is 1. The summed E-state index contributed by atoms with van der Waals surface area (Å²) in [5.41, 5.74) is 4.11. The van der Waals surface area contributed by atoms with Crippen LogP contribution in [0.3, 0.4) is 0 Å². The van der Waals surface area contributed by atoms with Crippen molar-refractivity contribution in [3.05, 3.63) is 59.9 Å². The minimum absolute atomic E-state index is 0.358. The molecule has 0 aliphatic heterocycles. The van der Waals surface area contributed by atoms with Crippen LogP contribution in [0.4, 0.5) is 5.69 Å². The molecule has 0 saturated carbocycles. The zero-order valence-electron chi connectivity index (χ0n) is 13.4. The van der Waals surface area contributed by atoms with Gasteiger partial charge in [-0.2, -0.15) is 5.10 Å². The molecule has 2 rings (SSSR count). The van der Waals surface area contributed by atoms with Crippen LogP contribution in [-0.4, -0.2) is 38.3 Å². The van der Waals surface area contributed by atoms with E-state index in [-0.39, 0.29) is 6.54 Å². The number of anilines is 1. The lowest BCUT2D eigenvalue weighted by molar-refractivity contribution is -0.119. The molecule has 0 bridgehead atoms. The second-order valence-corrected chi connectivity index (χ2v) is 7.01. The highest BCUT2D eigenvalue weighted by Crippen LogP contribution is 2.21. The smallest absolute Gasteiger partial charge is 0.260 e. The van der Waals surface area contributed by atoms with E-state index in [1.54, 1.807) is 55.6 Å². The fraction of sp³-hybridized carbons (Fsp3) is 0.188. The van der Waals surface area contributed by atoms with Gasteiger partial charge in [0.05, 0.1) is 23.9 Å². The molecule has 0 saturated heterocycles. The van der Waals surface area contributed by atoms with Crippen LogP contribution in [0.15, 0.2) is 53.8 Å². The number of carbonyl (C=O) groups excluding carboxylic acids is 1. The highest BCUT2D eigenvalue weighted by Gasteiger charge is 2.21. The van der Waals surface area contributed by atoms with Crippen molar-refractivity contribution in [1.82, 2.24) is 10.4 Å². The third kappa shape index (κ3) is 4.88. The Morgan fingerprint density at radius 1 is 1.25 bits per heavy atom. The summed E-state index contributed by atoms with van der Waals surface area (Å²) < 4.78 is 25.1. The zero-order valence-corrected chi connectivity index (χ0v) is 14.2. The first kappa shape index (κ1) is 17.6. The first-order valence-corrected chi connectivity index (χ1v) is 8.99. The van der Waals surface area contributed by atoms with E-state index < -0.39 is 15.9 Å². The van der Waals surface area contributed by atoms with Gasteiger partial charge in [-0.05, 0) is 30.7 Å². The van der Waals surface area contributed by atoms with Gasteiger partial charge in [-0.25, -0.2) is 13.8 Å². The van der Waals surface area contributed by atoms with Crippen molar-refractivity contribution >= 4 is 27.8 Å². The Morgan fingerprint density at radius 2 is 1.96 bits per heavy atom. The first-order chi connectivity index (χ1) is 11.4. The van der Waals surface area contributed by atoms with Crippen LogP contribution in [0.25, 0.3) is 0 Å². The standard InChI is InChI=1S/C16H18N4O3S/c1-13-7-3-4-9-15(13)20(24(2,22)23)12-16(21)19-18-11-14-8-5-6-10-17-14/h3-11H,12H2,1-2H3,(H,19,21)/b18-11+. The lowest BCUT2D eigenvalue weighted by Crippen LogP contribution is -2.39. The Hall–Kier alpha value is -2.74. The highest BCUT2D eigenvalue weighted by molar-refractivity contribution is 7.92. The Morgan fingerprint density at radius 3 is 2.58 bits per heavy atom. The number of pyridine rings is 1. The molecule has 2 aromatic rings. The number of sulfonamides is 1. The number of nitrogens with one attached hydrogen (secondary N) is 1. The second-order valence-electron chi connectivity index (χ2n) is 5.10. The maximum atomic E-state index is 12.0. The molecular formula is C16H18N4O3S. The van der Waals surface area contributed by atoms with Crippen LogP contribution in [0, 0.1) is 6.92 Å². The third-order valence-corrected chi connectivity index (χ3v) is 4.27. The number of para-hydroxylation sites is 1. The lowest BCUT2D eigenvalue weighted by Gasteiger charge is -2.23. The maximum absolute atomic E-state index is 12.0. The Labute approximate surface area is 141 Å². The quantitative estimate of drug-likeness (QED) is 0.630. The molecule has 0 spiro atoms. The highest BCUT2D eigenvalue weighted by atomic mass is 32.2. The molecule has 0 aliphatic carbocycles. The zero-order chi connectivity index (χ0) is 17.6. The minimum atomic E-state index is -3.60. The number of carbonyl (C=O) groups is 1. The van der Waals surface area contributed by atoms with Crippen molar-refractivity contribution in [2.24, 2.45) is 5.10 Å². The van der Waals surface area contributed by atoms with Crippen molar-refractivity contribution < 1.29 is 13.2 Å². The average molecular weight is 346 g/mol. The van der Waals surface area contributed by atoms with Gasteiger partial charge in [0.2, 0.25) is 10.0 Å². The predicted molar refractivity (Wildman–Crippen MR) is 93.3 cm³/mol. The fourth-order valence-corrected chi connectivity index (χ4v) is 2.93. The summed E-state index contributed by atoms with van der Waals surface area (Å²) in [6.07, 6.45) is 4.05. The molecule has 0 radical (unpaired) electrons. The molecule has 0 fully saturated rings. The Bertz CT molecular complexity index is 835. The van der Waals surface area contributed by atoms with Crippen molar-refractivity contribution in [1.29, 1.82) is 0 Å². The van der Waals surface area contributed by atoms with E-state index in [1.165, 1.54) is 6.21 Å². The summed E-state index contributed by atoms with van der Waals surface area (Å²) >= 11 is 0. The van der Waals surface area contributed by atoms with E-state index in [0.717, 1.165) is 16.1 Å². The molecule has 1 N–H and O–H groups in total. The van der Waals surface area contributed by atoms with Crippen LogP contribution < -0.4 is 9.73 Å². The summed E-state index contributed by atoms with van der Waals surface area (Å²) in [6.45, 7) is 1.42. The van der Waals surface area contributed by atoms with Gasteiger partial charge >= 0.3 is 0 Å². The van der Waals surface area contributed by atoms with Crippen molar-refractivity contribution in [3.8, 4) is 0 Å². The van der Waals surface area contributed by atoms with Gasteiger partial charge in [0.1, 0.15) is 6.54 Å². The van der Waals surface area contributed by atoms with Gasteiger partial charge in [-0.1, -0.05) is 24.3 Å². The van der Waals surface area contributed by atoms with Crippen molar-refractivity contribution in [2.45, 2.75) is 6.92 Å². The van der Waals surface area contributed by atoms with Gasteiger partial charge < -0.3 is 0 Å². The van der Waals surface area contributed by atoms with E-state index in [4.69, 9.17) is 0 Å². The minimum Gasteiger partial charge on any atom is -0.271 e. The molecule has 8 heteroatoms. The monoisotopic (exact) mass is 346 g/mol. The molecular weight excluding hydrogens is 328 g/mol. The van der Waals surface area contributed by atoms with Gasteiger partial charge in [0.25, 0.3) is 5.91 Å². The van der Waals surface area contributed by atoms with Gasteiger partial charge in [0, 0.05) is 6.20 Å². The fourth-order valence-electron chi connectivity index (χ4n) is 2.01. The largest absolute Gasteiger partial charge is 0.271 e. The number of aryl methyl sites for hydroxylation is 1. The Kier molecular flexibility index (Phi) is 5.64. The Balaban J connectivity index is 2.09. The van der Waals surface area contributed by atoms with Crippen LogP contribution in [-0.2, 0) is 14.8 Å². The molecule has 1 amide bonds. The van der Waals surface area contributed by atoms with Gasteiger partial charge in [-0.3, -0.25) is 14.1 Å². The number of hydrogen-bond acceptors (Lipinski definition) is 5. The molecule has 1 aromatic carbocycles. The first-order valence-electron chi connectivity index (χ1n) is 7.14. The number of hydrogen-bond donors (Lipinski definition) is 1. The van der Waals surface area contributed by atoms with Crippen LogP contribution in [0.1, 0.15) is 11.3 Å². The predicted octanol–water partition coefficient (Wildman–Crippen LogP) is 1.31. The van der Waals surface area contributed by atoms with E-state index in [9.17, 15) is 13.2 Å². The third-order valence-electron chi connectivity index (χ3n) is 3.15. The molecule has 7 nitrogen and oxygen atoms in total. The number of hydrazone groups is 1. The summed E-state index contributed by atoms with van der Waals surface area (Å²) in [5, 5.41) is 3.78. The number of benzene rings is 1. The van der Waals surface area contributed by atoms with Crippen LogP contribution in [0.2, 0.25) is 0 Å². The van der Waals surface area contributed by atoms with Gasteiger partial charge in [0.15, 0.2) is 0 Å². The molecule has 1 heterocycles. The molecule has 1 aromatic heterocycles. The number of nitrogens with zero attached hydrogens (tertiary/aromatic N) is 3. The number of aromatic nitrogens is 1. The molecule has 0 atom stereocenters. The van der Waals surface area contributed by atoms with E-state index >= 15 is 0 Å². The summed E-state index contributed by atoms with van der Waals surface area (Å²) in [6, 6.07) is 12.2. The van der Waals surface area contributed by atoms with Crippen LogP contribution in [0.5, 0.6) is 0 Å². The number of rotatable bonds is 6.